The van der Waals surface area contributed by atoms with Crippen LogP contribution in [0.4, 0.5) is 0 Å². The van der Waals surface area contributed by atoms with Gasteiger partial charge in [0, 0.05) is 0 Å². The molecule has 0 heterocycles. The van der Waals surface area contributed by atoms with E-state index in [0.717, 1.165) is 24.8 Å². The number of aryl methyl sites for hydroxylation is 1. The van der Waals surface area contributed by atoms with E-state index in [2.05, 4.69) is 44.2 Å². The summed E-state index contributed by atoms with van der Waals surface area (Å²) in [5.41, 5.74) is 2.59. The van der Waals surface area contributed by atoms with E-state index < -0.39 is 0 Å². The predicted molar refractivity (Wildman–Crippen MR) is 86.0 cm³/mol. The minimum Gasteiger partial charge on any atom is -0.508 e. The van der Waals surface area contributed by atoms with Crippen LogP contribution in [0.15, 0.2) is 42.5 Å². The highest BCUT2D eigenvalue weighted by Gasteiger charge is 2.27. The van der Waals surface area contributed by atoms with Crippen LogP contribution >= 0.6 is 0 Å². The van der Waals surface area contributed by atoms with Crippen LogP contribution in [-0.2, 0) is 12.8 Å². The molecule has 0 aliphatic heterocycles. The predicted octanol–water partition coefficient (Wildman–Crippen LogP) is 5.19. The Balaban J connectivity index is 2.23. The Bertz CT molecular complexity index is 498. The fourth-order valence-electron chi connectivity index (χ4n) is 3.02. The van der Waals surface area contributed by atoms with E-state index in [4.69, 9.17) is 0 Å². The van der Waals surface area contributed by atoms with E-state index in [1.165, 1.54) is 24.8 Å². The maximum Gasteiger partial charge on any atom is 0.118 e. The lowest BCUT2D eigenvalue weighted by atomic mass is 9.73. The molecule has 0 saturated carbocycles. The Labute approximate surface area is 123 Å². The SMILES string of the molecule is CCCCC1(Cc2cc(CC)ccc2O)C=CC=CC1. The molecule has 1 aromatic rings. The molecule has 0 saturated heterocycles. The van der Waals surface area contributed by atoms with Crippen molar-refractivity contribution in [2.75, 3.05) is 0 Å². The van der Waals surface area contributed by atoms with Gasteiger partial charge in [-0.15, -0.1) is 0 Å². The second-order valence-electron chi connectivity index (χ2n) is 5.95. The second kappa shape index (κ2) is 6.78. The van der Waals surface area contributed by atoms with Crippen molar-refractivity contribution in [3.63, 3.8) is 0 Å². The molecule has 0 bridgehead atoms. The number of allylic oxidation sites excluding steroid dienone is 4. The van der Waals surface area contributed by atoms with Crippen LogP contribution in [0.3, 0.4) is 0 Å². The van der Waals surface area contributed by atoms with Crippen LogP contribution in [0.5, 0.6) is 5.75 Å². The maximum atomic E-state index is 10.2. The van der Waals surface area contributed by atoms with Gasteiger partial charge in [-0.2, -0.15) is 0 Å². The van der Waals surface area contributed by atoms with Crippen LogP contribution < -0.4 is 0 Å². The van der Waals surface area contributed by atoms with Gasteiger partial charge in [-0.3, -0.25) is 0 Å². The number of rotatable bonds is 6. The monoisotopic (exact) mass is 270 g/mol. The Morgan fingerprint density at radius 3 is 2.70 bits per heavy atom. The molecular weight excluding hydrogens is 244 g/mol. The van der Waals surface area contributed by atoms with Gasteiger partial charge >= 0.3 is 0 Å². The molecule has 0 aromatic heterocycles. The second-order valence-corrected chi connectivity index (χ2v) is 5.95. The fourth-order valence-corrected chi connectivity index (χ4v) is 3.02. The van der Waals surface area contributed by atoms with Gasteiger partial charge in [0.2, 0.25) is 0 Å². The number of phenolic OH excluding ortho intramolecular Hbond substituents is 1. The van der Waals surface area contributed by atoms with Crippen molar-refractivity contribution in [3.8, 4) is 5.75 Å². The minimum atomic E-state index is 0.189. The van der Waals surface area contributed by atoms with E-state index in [0.29, 0.717) is 5.75 Å². The lowest BCUT2D eigenvalue weighted by Gasteiger charge is -2.32. The molecule has 0 spiro atoms. The van der Waals surface area contributed by atoms with Gasteiger partial charge in [-0.05, 0) is 48.3 Å². The highest BCUT2D eigenvalue weighted by molar-refractivity contribution is 5.38. The Morgan fingerprint density at radius 1 is 1.20 bits per heavy atom. The van der Waals surface area contributed by atoms with Gasteiger partial charge in [0.1, 0.15) is 5.75 Å². The summed E-state index contributed by atoms with van der Waals surface area (Å²) in [5, 5.41) is 10.2. The summed E-state index contributed by atoms with van der Waals surface area (Å²) in [6, 6.07) is 6.05. The smallest absolute Gasteiger partial charge is 0.118 e. The molecule has 20 heavy (non-hydrogen) atoms. The zero-order valence-corrected chi connectivity index (χ0v) is 12.7. The number of unbranched alkanes of at least 4 members (excludes halogenated alkanes) is 1. The van der Waals surface area contributed by atoms with Crippen LogP contribution in [-0.4, -0.2) is 5.11 Å². The number of aromatic hydroxyl groups is 1. The molecule has 2 rings (SSSR count). The lowest BCUT2D eigenvalue weighted by molar-refractivity contribution is 0.331. The number of hydrogen-bond acceptors (Lipinski definition) is 1. The van der Waals surface area contributed by atoms with Crippen molar-refractivity contribution in [1.82, 2.24) is 0 Å². The van der Waals surface area contributed by atoms with E-state index in [-0.39, 0.29) is 5.41 Å². The molecule has 1 aromatic carbocycles. The molecule has 1 unspecified atom stereocenters. The molecular formula is C19H26O. The third kappa shape index (κ3) is 3.53. The van der Waals surface area contributed by atoms with E-state index in [1.54, 1.807) is 0 Å². The first-order chi connectivity index (χ1) is 9.69. The van der Waals surface area contributed by atoms with Gasteiger partial charge in [0.05, 0.1) is 0 Å². The molecule has 108 valence electrons. The van der Waals surface area contributed by atoms with Gasteiger partial charge in [-0.25, -0.2) is 0 Å². The van der Waals surface area contributed by atoms with Crippen LogP contribution in [0, 0.1) is 5.41 Å². The molecule has 1 heteroatoms. The van der Waals surface area contributed by atoms with E-state index in [9.17, 15) is 5.11 Å². The molecule has 0 fully saturated rings. The summed E-state index contributed by atoms with van der Waals surface area (Å²) in [6.45, 7) is 4.40. The van der Waals surface area contributed by atoms with Gasteiger partial charge in [0.25, 0.3) is 0 Å². The topological polar surface area (TPSA) is 20.2 Å². The standard InChI is InChI=1S/C19H26O/c1-3-5-11-19(12-7-6-8-13-19)15-17-14-16(4-2)9-10-18(17)20/h6-10,12,14,20H,3-5,11,13,15H2,1-2H3. The quantitative estimate of drug-likeness (QED) is 0.754. The number of benzene rings is 1. The first kappa shape index (κ1) is 14.9. The first-order valence-corrected chi connectivity index (χ1v) is 7.84. The Kier molecular flexibility index (Phi) is 5.05. The van der Waals surface area contributed by atoms with Crippen LogP contribution in [0.25, 0.3) is 0 Å². The number of hydrogen-bond donors (Lipinski definition) is 1. The van der Waals surface area contributed by atoms with Gasteiger partial charge in [-0.1, -0.05) is 63.1 Å². The lowest BCUT2D eigenvalue weighted by Crippen LogP contribution is -2.22. The van der Waals surface area contributed by atoms with E-state index >= 15 is 0 Å². The van der Waals surface area contributed by atoms with Gasteiger partial charge < -0.3 is 5.11 Å². The van der Waals surface area contributed by atoms with Crippen LogP contribution in [0.1, 0.15) is 50.7 Å². The van der Waals surface area contributed by atoms with Crippen molar-refractivity contribution in [1.29, 1.82) is 0 Å². The average molecular weight is 270 g/mol. The van der Waals surface area contributed by atoms with Crippen molar-refractivity contribution < 1.29 is 5.11 Å². The molecule has 0 radical (unpaired) electrons. The third-order valence-electron chi connectivity index (χ3n) is 4.34. The van der Waals surface area contributed by atoms with Gasteiger partial charge in [0.15, 0.2) is 0 Å². The van der Waals surface area contributed by atoms with Crippen molar-refractivity contribution >= 4 is 0 Å². The maximum absolute atomic E-state index is 10.2. The van der Waals surface area contributed by atoms with Crippen molar-refractivity contribution in [2.45, 2.75) is 52.4 Å². The zero-order valence-electron chi connectivity index (χ0n) is 12.7. The minimum absolute atomic E-state index is 0.189. The van der Waals surface area contributed by atoms with E-state index in [1.807, 2.05) is 12.1 Å². The molecule has 1 aliphatic rings. The highest BCUT2D eigenvalue weighted by atomic mass is 16.3. The molecule has 1 aliphatic carbocycles. The molecule has 1 atom stereocenters. The summed E-state index contributed by atoms with van der Waals surface area (Å²) >= 11 is 0. The summed E-state index contributed by atoms with van der Waals surface area (Å²) in [7, 11) is 0. The van der Waals surface area contributed by atoms with Crippen molar-refractivity contribution in [3.05, 3.63) is 53.6 Å². The molecule has 1 N–H and O–H groups in total. The largest absolute Gasteiger partial charge is 0.508 e. The summed E-state index contributed by atoms with van der Waals surface area (Å²) in [6.07, 6.45) is 15.6. The number of phenols is 1. The highest BCUT2D eigenvalue weighted by Crippen LogP contribution is 2.39. The zero-order chi connectivity index (χ0) is 14.4. The summed E-state index contributed by atoms with van der Waals surface area (Å²) < 4.78 is 0. The Morgan fingerprint density at radius 2 is 2.05 bits per heavy atom. The first-order valence-electron chi connectivity index (χ1n) is 7.84. The fraction of sp³-hybridized carbons (Fsp3) is 0.474. The average Bonchev–Trinajstić information content (AvgIpc) is 2.48. The Hall–Kier alpha value is -1.50. The molecule has 1 nitrogen and oxygen atoms in total. The summed E-state index contributed by atoms with van der Waals surface area (Å²) in [4.78, 5) is 0. The summed E-state index contributed by atoms with van der Waals surface area (Å²) in [5.74, 6) is 0.445. The van der Waals surface area contributed by atoms with Crippen LogP contribution in [0.2, 0.25) is 0 Å². The normalized spacial score (nSPS) is 21.3. The third-order valence-corrected chi connectivity index (χ3v) is 4.34. The molecule has 0 amide bonds. The van der Waals surface area contributed by atoms with Crippen molar-refractivity contribution in [2.24, 2.45) is 5.41 Å².